The zero-order valence-corrected chi connectivity index (χ0v) is 27.5. The van der Waals surface area contributed by atoms with Crippen LogP contribution in [0.3, 0.4) is 0 Å². The summed E-state index contributed by atoms with van der Waals surface area (Å²) >= 11 is 1.64. The van der Waals surface area contributed by atoms with E-state index in [4.69, 9.17) is 23.7 Å². The molecule has 2 amide bonds. The van der Waals surface area contributed by atoms with Crippen LogP contribution in [0.15, 0.2) is 24.3 Å². The largest absolute Gasteiger partial charge is 0.379 e. The second kappa shape index (κ2) is 28.1. The van der Waals surface area contributed by atoms with Gasteiger partial charge in [0.2, 0.25) is 11.8 Å². The predicted molar refractivity (Wildman–Crippen MR) is 173 cm³/mol. The van der Waals surface area contributed by atoms with Gasteiger partial charge >= 0.3 is 0 Å². The minimum absolute atomic E-state index is 0.0522. The fraction of sp³-hybridized carbons (Fsp3) is 0.700. The van der Waals surface area contributed by atoms with Crippen molar-refractivity contribution in [2.24, 2.45) is 0 Å². The maximum atomic E-state index is 12.3. The molecule has 0 bridgehead atoms. The van der Waals surface area contributed by atoms with E-state index < -0.39 is 0 Å². The van der Waals surface area contributed by atoms with Crippen molar-refractivity contribution in [1.29, 1.82) is 0 Å². The van der Waals surface area contributed by atoms with Crippen LogP contribution in [0.1, 0.15) is 11.3 Å². The monoisotopic (exact) mass is 643 g/mol. The molecule has 0 aliphatic carbocycles. The van der Waals surface area contributed by atoms with Crippen LogP contribution < -0.4 is 20.9 Å². The standard InChI is InChI=1S/C30H53N5O8S/c1-31-10-4-5-29(38)35(15-16-36)14-13-34(3)30-7-6-27(44-30)8-11-33-28(37)9-17-39-19-21-41-23-25-43-26-24-42-22-20-40-18-12-32-2/h4-7,16,31-32H,8-15,17-26H2,1-3H3,(H,33,37)/b5-4+. The van der Waals surface area contributed by atoms with Crippen LogP contribution in [0.5, 0.6) is 0 Å². The number of aldehydes is 1. The molecule has 0 saturated carbocycles. The summed E-state index contributed by atoms with van der Waals surface area (Å²) in [6.45, 7) is 8.07. The Hall–Kier alpha value is -2.43. The van der Waals surface area contributed by atoms with Crippen LogP contribution in [0.2, 0.25) is 0 Å². The first-order valence-corrected chi connectivity index (χ1v) is 16.0. The van der Waals surface area contributed by atoms with Gasteiger partial charge in [0.05, 0.1) is 77.6 Å². The first-order valence-electron chi connectivity index (χ1n) is 15.1. The number of nitrogens with one attached hydrogen (secondary N) is 3. The number of hydrogen-bond acceptors (Lipinski definition) is 12. The highest BCUT2D eigenvalue weighted by Gasteiger charge is 2.12. The van der Waals surface area contributed by atoms with E-state index in [0.717, 1.165) is 29.1 Å². The Kier molecular flexibility index (Phi) is 25.3. The fourth-order valence-corrected chi connectivity index (χ4v) is 4.58. The summed E-state index contributed by atoms with van der Waals surface area (Å²) in [6.07, 6.45) is 4.99. The van der Waals surface area contributed by atoms with E-state index in [2.05, 4.69) is 20.9 Å². The number of carbonyl (C=O) groups excluding carboxylic acids is 3. The van der Waals surface area contributed by atoms with Crippen molar-refractivity contribution in [1.82, 2.24) is 20.9 Å². The lowest BCUT2D eigenvalue weighted by molar-refractivity contribution is -0.128. The van der Waals surface area contributed by atoms with E-state index in [1.54, 1.807) is 24.5 Å². The molecule has 0 aliphatic heterocycles. The van der Waals surface area contributed by atoms with E-state index >= 15 is 0 Å². The summed E-state index contributed by atoms with van der Waals surface area (Å²) in [7, 11) is 5.65. The lowest BCUT2D eigenvalue weighted by Crippen LogP contribution is -2.37. The van der Waals surface area contributed by atoms with Gasteiger partial charge in [0.15, 0.2) is 0 Å². The molecule has 3 N–H and O–H groups in total. The molecular weight excluding hydrogens is 590 g/mol. The topological polar surface area (TPSA) is 140 Å². The number of carbonyl (C=O) groups is 3. The van der Waals surface area contributed by atoms with E-state index in [1.165, 1.54) is 11.0 Å². The summed E-state index contributed by atoms with van der Waals surface area (Å²) in [5, 5.41) is 9.95. The summed E-state index contributed by atoms with van der Waals surface area (Å²) in [4.78, 5) is 40.2. The first kappa shape index (κ1) is 39.6. The Morgan fingerprint density at radius 1 is 0.818 bits per heavy atom. The van der Waals surface area contributed by atoms with Crippen LogP contribution in [-0.2, 0) is 44.5 Å². The molecule has 252 valence electrons. The number of hydrogen-bond donors (Lipinski definition) is 3. The summed E-state index contributed by atoms with van der Waals surface area (Å²) < 4.78 is 27.2. The summed E-state index contributed by atoms with van der Waals surface area (Å²) in [5.74, 6) is -0.234. The van der Waals surface area contributed by atoms with E-state index in [0.29, 0.717) is 98.7 Å². The average Bonchev–Trinajstić information content (AvgIpc) is 3.49. The lowest BCUT2D eigenvalue weighted by atomic mass is 10.3. The Bertz CT molecular complexity index is 905. The highest BCUT2D eigenvalue weighted by atomic mass is 32.1. The minimum atomic E-state index is -0.181. The van der Waals surface area contributed by atoms with Crippen molar-refractivity contribution in [3.05, 3.63) is 29.2 Å². The van der Waals surface area contributed by atoms with Crippen molar-refractivity contribution in [3.63, 3.8) is 0 Å². The van der Waals surface area contributed by atoms with Crippen molar-refractivity contribution >= 4 is 34.4 Å². The zero-order chi connectivity index (χ0) is 32.1. The quantitative estimate of drug-likeness (QED) is 0.0608. The van der Waals surface area contributed by atoms with Gasteiger partial charge in [-0.05, 0) is 32.6 Å². The molecule has 0 atom stereocenters. The number of rotatable bonds is 30. The molecule has 0 aromatic carbocycles. The van der Waals surface area contributed by atoms with E-state index in [-0.39, 0.29) is 18.4 Å². The smallest absolute Gasteiger partial charge is 0.246 e. The molecule has 1 aromatic heterocycles. The molecule has 1 heterocycles. The van der Waals surface area contributed by atoms with Crippen molar-refractivity contribution in [2.75, 3.05) is 131 Å². The molecule has 0 spiro atoms. The van der Waals surface area contributed by atoms with Gasteiger partial charge in [-0.1, -0.05) is 6.08 Å². The van der Waals surface area contributed by atoms with Crippen LogP contribution in [0, 0.1) is 0 Å². The van der Waals surface area contributed by atoms with Gasteiger partial charge in [0.1, 0.15) is 6.29 Å². The molecular formula is C30H53N5O8S. The Balaban J connectivity index is 2.04. The normalized spacial score (nSPS) is 11.2. The predicted octanol–water partition coefficient (Wildman–Crippen LogP) is 0.339. The molecule has 0 unspecified atom stereocenters. The highest BCUT2D eigenvalue weighted by molar-refractivity contribution is 7.16. The molecule has 0 radical (unpaired) electrons. The van der Waals surface area contributed by atoms with Gasteiger partial charge in [0.25, 0.3) is 0 Å². The van der Waals surface area contributed by atoms with Crippen LogP contribution in [0.4, 0.5) is 5.00 Å². The van der Waals surface area contributed by atoms with Gasteiger partial charge in [-0.2, -0.15) is 0 Å². The van der Waals surface area contributed by atoms with Gasteiger partial charge in [-0.3, -0.25) is 9.59 Å². The van der Waals surface area contributed by atoms with Crippen LogP contribution in [-0.4, -0.2) is 149 Å². The number of amides is 2. The summed E-state index contributed by atoms with van der Waals surface area (Å²) in [6, 6.07) is 4.08. The molecule has 1 rings (SSSR count). The molecule has 0 aliphatic rings. The van der Waals surface area contributed by atoms with E-state index in [9.17, 15) is 14.4 Å². The third-order valence-electron chi connectivity index (χ3n) is 6.07. The Morgan fingerprint density at radius 3 is 2.02 bits per heavy atom. The van der Waals surface area contributed by atoms with E-state index in [1.807, 2.05) is 26.2 Å². The molecule has 1 aromatic rings. The SMILES string of the molecule is CNC/C=C/C(=O)N(CC=O)CCN(C)c1ccc(CCNC(=O)CCOCCOCCOCCOCCOCCNC)s1. The van der Waals surface area contributed by atoms with Gasteiger partial charge < -0.3 is 54.2 Å². The van der Waals surface area contributed by atoms with Crippen molar-refractivity contribution in [2.45, 2.75) is 12.8 Å². The molecule has 14 heteroatoms. The van der Waals surface area contributed by atoms with Crippen LogP contribution in [0.25, 0.3) is 0 Å². The third-order valence-corrected chi connectivity index (χ3v) is 7.33. The maximum absolute atomic E-state index is 12.3. The zero-order valence-electron chi connectivity index (χ0n) is 26.7. The molecule has 0 fully saturated rings. The second-order valence-corrected chi connectivity index (χ2v) is 10.7. The molecule has 44 heavy (non-hydrogen) atoms. The average molecular weight is 644 g/mol. The number of nitrogens with zero attached hydrogens (tertiary/aromatic N) is 2. The number of ether oxygens (including phenoxy) is 5. The van der Waals surface area contributed by atoms with Gasteiger partial charge in [-0.15, -0.1) is 11.3 Å². The summed E-state index contributed by atoms with van der Waals surface area (Å²) in [5.41, 5.74) is 0. The van der Waals surface area contributed by atoms with Crippen molar-refractivity contribution < 1.29 is 38.1 Å². The number of anilines is 1. The second-order valence-electron chi connectivity index (χ2n) is 9.59. The van der Waals surface area contributed by atoms with Gasteiger partial charge in [0, 0.05) is 57.1 Å². The number of thiophene rings is 1. The van der Waals surface area contributed by atoms with Crippen LogP contribution >= 0.6 is 11.3 Å². The molecule has 0 saturated heterocycles. The molecule has 13 nitrogen and oxygen atoms in total. The third kappa shape index (κ3) is 21.3. The number of likely N-dealkylation sites (N-methyl/N-ethyl adjacent to an activating group) is 3. The maximum Gasteiger partial charge on any atom is 0.246 e. The Morgan fingerprint density at radius 2 is 1.43 bits per heavy atom. The Labute approximate surface area is 266 Å². The fourth-order valence-electron chi connectivity index (χ4n) is 3.59. The minimum Gasteiger partial charge on any atom is -0.379 e. The first-order chi connectivity index (χ1) is 21.5. The van der Waals surface area contributed by atoms with Gasteiger partial charge in [-0.25, -0.2) is 0 Å². The van der Waals surface area contributed by atoms with Crippen molar-refractivity contribution in [3.8, 4) is 0 Å². The lowest BCUT2D eigenvalue weighted by Gasteiger charge is -2.23. The highest BCUT2D eigenvalue weighted by Crippen LogP contribution is 2.25.